The van der Waals surface area contributed by atoms with Gasteiger partial charge in [0.1, 0.15) is 5.82 Å². The molecule has 2 atom stereocenters. The van der Waals surface area contributed by atoms with Crippen molar-refractivity contribution in [2.75, 3.05) is 31.5 Å². The molecule has 15 heteroatoms. The zero-order chi connectivity index (χ0) is 30.9. The molecule has 1 saturated carbocycles. The van der Waals surface area contributed by atoms with E-state index in [9.17, 15) is 50.5 Å². The summed E-state index contributed by atoms with van der Waals surface area (Å²) < 4.78 is 93.2. The van der Waals surface area contributed by atoms with Crippen LogP contribution in [0.15, 0.2) is 42.5 Å². The van der Waals surface area contributed by atoms with Crippen molar-refractivity contribution in [1.82, 2.24) is 15.1 Å². The highest BCUT2D eigenvalue weighted by atomic mass is 19.4. The molecule has 3 amide bonds. The van der Waals surface area contributed by atoms with Gasteiger partial charge in [0.05, 0.1) is 17.8 Å². The topological polar surface area (TPSA) is 105 Å². The SMILES string of the molecule is O=C(Nc1ccc(C(=O)N2CCN(Cc3ccc(C(O)(C(F)(F)F)C(F)(F)F)cc3)CC2)cc1F)N[C@H]1CCC[C@H]1O. The zero-order valence-electron chi connectivity index (χ0n) is 22.1. The molecule has 2 aromatic carbocycles. The van der Waals surface area contributed by atoms with E-state index in [1.165, 1.54) is 17.0 Å². The van der Waals surface area contributed by atoms with Gasteiger partial charge in [0.2, 0.25) is 0 Å². The van der Waals surface area contributed by atoms with Crippen LogP contribution >= 0.6 is 0 Å². The molecule has 1 heterocycles. The Balaban J connectivity index is 1.30. The number of nitrogens with zero attached hydrogens (tertiary/aromatic N) is 2. The van der Waals surface area contributed by atoms with E-state index in [2.05, 4.69) is 10.6 Å². The lowest BCUT2D eigenvalue weighted by molar-refractivity contribution is -0.376. The van der Waals surface area contributed by atoms with E-state index in [-0.39, 0.29) is 30.9 Å². The molecule has 1 aliphatic heterocycles. The van der Waals surface area contributed by atoms with Gasteiger partial charge >= 0.3 is 18.4 Å². The first kappa shape index (κ1) is 31.5. The van der Waals surface area contributed by atoms with Crippen LogP contribution in [0.2, 0.25) is 0 Å². The van der Waals surface area contributed by atoms with Crippen molar-refractivity contribution in [3.8, 4) is 0 Å². The molecule has 0 spiro atoms. The molecule has 2 aromatic rings. The van der Waals surface area contributed by atoms with Gasteiger partial charge in [-0.15, -0.1) is 0 Å². The van der Waals surface area contributed by atoms with Crippen molar-refractivity contribution in [3.63, 3.8) is 0 Å². The van der Waals surface area contributed by atoms with Crippen LogP contribution in [0, 0.1) is 5.82 Å². The Morgan fingerprint density at radius 1 is 0.905 bits per heavy atom. The van der Waals surface area contributed by atoms with Gasteiger partial charge in [-0.3, -0.25) is 9.69 Å². The molecule has 0 aromatic heterocycles. The van der Waals surface area contributed by atoms with E-state index in [0.29, 0.717) is 43.6 Å². The normalized spacial score (nSPS) is 20.5. The number of carbonyl (C=O) groups excluding carboxylic acids is 2. The van der Waals surface area contributed by atoms with Crippen molar-refractivity contribution < 1.29 is 50.5 Å². The number of hydrogen-bond donors (Lipinski definition) is 4. The Bertz CT molecular complexity index is 1260. The molecule has 2 aliphatic rings. The summed E-state index contributed by atoms with van der Waals surface area (Å²) in [5.74, 6) is -1.28. The summed E-state index contributed by atoms with van der Waals surface area (Å²) in [4.78, 5) is 28.4. The second kappa shape index (κ2) is 12.1. The number of carbonyl (C=O) groups is 2. The van der Waals surface area contributed by atoms with Crippen LogP contribution in [-0.2, 0) is 12.1 Å². The molecule has 42 heavy (non-hydrogen) atoms. The van der Waals surface area contributed by atoms with Crippen molar-refractivity contribution in [2.45, 2.75) is 55.9 Å². The maximum atomic E-state index is 14.7. The first-order chi connectivity index (χ1) is 19.6. The fourth-order valence-electron chi connectivity index (χ4n) is 5.07. The Morgan fingerprint density at radius 2 is 1.52 bits per heavy atom. The van der Waals surface area contributed by atoms with Gasteiger partial charge in [0.15, 0.2) is 0 Å². The first-order valence-electron chi connectivity index (χ1n) is 13.1. The second-order valence-electron chi connectivity index (χ2n) is 10.4. The molecule has 0 bridgehead atoms. The molecular formula is C27H29F7N4O4. The second-order valence-corrected chi connectivity index (χ2v) is 10.4. The number of amides is 3. The minimum Gasteiger partial charge on any atom is -0.391 e. The molecule has 1 aliphatic carbocycles. The number of urea groups is 1. The number of aliphatic hydroxyl groups is 2. The minimum atomic E-state index is -5.97. The summed E-state index contributed by atoms with van der Waals surface area (Å²) in [6.07, 6.45) is -10.7. The number of rotatable bonds is 6. The standard InChI is InChI=1S/C27H29F7N4O4/c28-19-14-17(6-9-20(19)35-24(41)36-21-2-1-3-22(21)39)23(40)38-12-10-37(11-13-38)15-16-4-7-18(8-5-16)25(42,26(29,30)31)27(32,33)34/h4-9,14,21-22,39,42H,1-3,10-13,15H2,(H2,35,36,41)/t21-,22+/m0/s1. The highest BCUT2D eigenvalue weighted by Gasteiger charge is 2.71. The highest BCUT2D eigenvalue weighted by molar-refractivity contribution is 5.95. The third-order valence-corrected chi connectivity index (χ3v) is 7.52. The summed E-state index contributed by atoms with van der Waals surface area (Å²) in [7, 11) is 0. The quantitative estimate of drug-likeness (QED) is 0.371. The fourth-order valence-corrected chi connectivity index (χ4v) is 5.07. The van der Waals surface area contributed by atoms with Crippen LogP contribution in [0.1, 0.15) is 40.7 Å². The van der Waals surface area contributed by atoms with E-state index in [1.807, 2.05) is 4.90 Å². The molecule has 4 rings (SSSR count). The number of halogens is 7. The number of aliphatic hydroxyl groups excluding tert-OH is 1. The molecule has 0 radical (unpaired) electrons. The Morgan fingerprint density at radius 3 is 2.05 bits per heavy atom. The van der Waals surface area contributed by atoms with E-state index in [4.69, 9.17) is 0 Å². The third-order valence-electron chi connectivity index (χ3n) is 7.52. The van der Waals surface area contributed by atoms with Gasteiger partial charge in [-0.05, 0) is 43.0 Å². The average Bonchev–Trinajstić information content (AvgIpc) is 3.32. The van der Waals surface area contributed by atoms with Crippen LogP contribution < -0.4 is 10.6 Å². The summed E-state index contributed by atoms with van der Waals surface area (Å²) in [6, 6.07) is 5.84. The highest BCUT2D eigenvalue weighted by Crippen LogP contribution is 2.50. The summed E-state index contributed by atoms with van der Waals surface area (Å²) in [5, 5.41) is 24.3. The maximum absolute atomic E-state index is 14.7. The maximum Gasteiger partial charge on any atom is 0.430 e. The predicted molar refractivity (Wildman–Crippen MR) is 136 cm³/mol. The van der Waals surface area contributed by atoms with Crippen LogP contribution in [-0.4, -0.2) is 82.6 Å². The van der Waals surface area contributed by atoms with Gasteiger partial charge in [-0.2, -0.15) is 26.3 Å². The Labute approximate surface area is 236 Å². The third kappa shape index (κ3) is 6.63. The van der Waals surface area contributed by atoms with Crippen LogP contribution in [0.4, 0.5) is 41.2 Å². The molecule has 2 fully saturated rings. The van der Waals surface area contributed by atoms with Crippen LogP contribution in [0.5, 0.6) is 0 Å². The van der Waals surface area contributed by atoms with Gasteiger partial charge in [0.25, 0.3) is 11.5 Å². The van der Waals surface area contributed by atoms with Gasteiger partial charge in [-0.25, -0.2) is 9.18 Å². The first-order valence-corrected chi connectivity index (χ1v) is 13.1. The Hall–Kier alpha value is -3.43. The van der Waals surface area contributed by atoms with E-state index in [0.717, 1.165) is 24.6 Å². The number of alkyl halides is 6. The summed E-state index contributed by atoms with van der Waals surface area (Å²) in [5.41, 5.74) is -6.03. The number of hydrogen-bond acceptors (Lipinski definition) is 5. The largest absolute Gasteiger partial charge is 0.430 e. The predicted octanol–water partition coefficient (Wildman–Crippen LogP) is 4.13. The molecule has 4 N–H and O–H groups in total. The van der Waals surface area contributed by atoms with Crippen LogP contribution in [0.3, 0.4) is 0 Å². The van der Waals surface area contributed by atoms with E-state index in [1.54, 1.807) is 0 Å². The van der Waals surface area contributed by atoms with Crippen LogP contribution in [0.25, 0.3) is 0 Å². The lowest BCUT2D eigenvalue weighted by atomic mass is 9.91. The lowest BCUT2D eigenvalue weighted by Gasteiger charge is -2.35. The molecule has 230 valence electrons. The van der Waals surface area contributed by atoms with Gasteiger partial charge in [0, 0.05) is 43.9 Å². The van der Waals surface area contributed by atoms with Crippen molar-refractivity contribution in [1.29, 1.82) is 0 Å². The van der Waals surface area contributed by atoms with Crippen molar-refractivity contribution >= 4 is 17.6 Å². The molecule has 0 unspecified atom stereocenters. The van der Waals surface area contributed by atoms with Crippen molar-refractivity contribution in [2.24, 2.45) is 0 Å². The number of benzene rings is 2. The average molecular weight is 607 g/mol. The summed E-state index contributed by atoms with van der Waals surface area (Å²) in [6.45, 7) is 1.29. The summed E-state index contributed by atoms with van der Waals surface area (Å²) >= 11 is 0. The fraction of sp³-hybridized carbons (Fsp3) is 0.481. The zero-order valence-corrected chi connectivity index (χ0v) is 22.1. The lowest BCUT2D eigenvalue weighted by Crippen LogP contribution is -2.53. The smallest absolute Gasteiger partial charge is 0.391 e. The minimum absolute atomic E-state index is 0.0514. The van der Waals surface area contributed by atoms with Gasteiger partial charge in [-0.1, -0.05) is 24.3 Å². The molecule has 8 nitrogen and oxygen atoms in total. The van der Waals surface area contributed by atoms with E-state index >= 15 is 0 Å². The number of nitrogens with one attached hydrogen (secondary N) is 2. The number of anilines is 1. The molecule has 1 saturated heterocycles. The number of piperazine rings is 1. The monoisotopic (exact) mass is 606 g/mol. The van der Waals surface area contributed by atoms with E-state index < -0.39 is 53.4 Å². The molecular weight excluding hydrogens is 577 g/mol. The van der Waals surface area contributed by atoms with Gasteiger partial charge < -0.3 is 25.7 Å². The van der Waals surface area contributed by atoms with Crippen molar-refractivity contribution in [3.05, 3.63) is 65.0 Å². The Kier molecular flexibility index (Phi) is 9.04.